The quantitative estimate of drug-likeness (QED) is 0.129. The van der Waals surface area contributed by atoms with E-state index in [4.69, 9.17) is 9.47 Å². The van der Waals surface area contributed by atoms with E-state index >= 15 is 0 Å². The summed E-state index contributed by atoms with van der Waals surface area (Å²) in [5.74, 6) is 1.80. The zero-order valence-corrected chi connectivity index (χ0v) is 36.0. The smallest absolute Gasteiger partial charge is 0.147 e. The number of benzene rings is 8. The van der Waals surface area contributed by atoms with Gasteiger partial charge in [-0.1, -0.05) is 123 Å². The van der Waals surface area contributed by atoms with E-state index in [9.17, 15) is 10.2 Å². The molecule has 0 aliphatic heterocycles. The van der Waals surface area contributed by atoms with Gasteiger partial charge < -0.3 is 28.8 Å². The zero-order chi connectivity index (χ0) is 43.2. The van der Waals surface area contributed by atoms with Crippen molar-refractivity contribution in [2.45, 2.75) is 59.2 Å². The SMILES string of the molecule is CCC(CC(CC)Oc1ccccc1-c1cc(C)cc(-n2c3ccccc3c3ccccc32)c1O)Oc1ccccc1-c1cc(C)cc(-n2c3ccccc3c3ccccc32)c1O. The van der Waals surface area contributed by atoms with Crippen molar-refractivity contribution in [3.05, 3.63) is 181 Å². The number of aryl methyl sites for hydroxylation is 2. The second-order valence-corrected chi connectivity index (χ2v) is 16.6. The molecule has 0 amide bonds. The molecule has 2 heterocycles. The van der Waals surface area contributed by atoms with Crippen molar-refractivity contribution >= 4 is 43.6 Å². The molecule has 6 nitrogen and oxygen atoms in total. The number of fused-ring (bicyclic) bond motifs is 6. The lowest BCUT2D eigenvalue weighted by Crippen LogP contribution is -2.27. The second kappa shape index (κ2) is 16.4. The molecule has 2 atom stereocenters. The molecule has 8 aromatic carbocycles. The molecule has 10 rings (SSSR count). The van der Waals surface area contributed by atoms with Crippen LogP contribution in [0.4, 0.5) is 0 Å². The van der Waals surface area contributed by atoms with Crippen molar-refractivity contribution in [2.75, 3.05) is 0 Å². The molecule has 0 bridgehead atoms. The van der Waals surface area contributed by atoms with Gasteiger partial charge in [0.1, 0.15) is 35.2 Å². The van der Waals surface area contributed by atoms with E-state index in [1.54, 1.807) is 0 Å². The first kappa shape index (κ1) is 39.7. The Balaban J connectivity index is 0.961. The molecule has 6 heteroatoms. The van der Waals surface area contributed by atoms with Gasteiger partial charge in [-0.15, -0.1) is 0 Å². The van der Waals surface area contributed by atoms with Gasteiger partial charge in [0.2, 0.25) is 0 Å². The van der Waals surface area contributed by atoms with Crippen LogP contribution in [0.5, 0.6) is 23.0 Å². The Kier molecular flexibility index (Phi) is 10.4. The Morgan fingerprint density at radius 3 is 1.08 bits per heavy atom. The van der Waals surface area contributed by atoms with Crippen LogP contribution in [0.3, 0.4) is 0 Å². The predicted molar refractivity (Wildman–Crippen MR) is 259 cm³/mol. The summed E-state index contributed by atoms with van der Waals surface area (Å²) in [6.07, 6.45) is 1.78. The summed E-state index contributed by atoms with van der Waals surface area (Å²) >= 11 is 0. The molecule has 2 unspecified atom stereocenters. The lowest BCUT2D eigenvalue weighted by atomic mass is 9.99. The Morgan fingerprint density at radius 1 is 0.413 bits per heavy atom. The number of hydrogen-bond acceptors (Lipinski definition) is 4. The second-order valence-electron chi connectivity index (χ2n) is 16.6. The van der Waals surface area contributed by atoms with Crippen LogP contribution in [-0.4, -0.2) is 31.6 Å². The average molecular weight is 827 g/mol. The summed E-state index contributed by atoms with van der Waals surface area (Å²) in [5.41, 5.74) is 10.7. The largest absolute Gasteiger partial charge is 0.505 e. The Bertz CT molecular complexity index is 2990. The van der Waals surface area contributed by atoms with Crippen LogP contribution in [0.2, 0.25) is 0 Å². The molecule has 2 aromatic heterocycles. The number of phenolic OH excluding ortho intramolecular Hbond substituents is 2. The van der Waals surface area contributed by atoms with E-state index in [0.29, 0.717) is 29.0 Å². The first-order valence-corrected chi connectivity index (χ1v) is 22.0. The summed E-state index contributed by atoms with van der Waals surface area (Å²) < 4.78 is 18.2. The van der Waals surface area contributed by atoms with Gasteiger partial charge in [-0.3, -0.25) is 0 Å². The highest BCUT2D eigenvalue weighted by Gasteiger charge is 2.25. The van der Waals surface area contributed by atoms with Crippen molar-refractivity contribution in [1.82, 2.24) is 9.13 Å². The summed E-state index contributed by atoms with van der Waals surface area (Å²) in [4.78, 5) is 0. The van der Waals surface area contributed by atoms with Crippen LogP contribution >= 0.6 is 0 Å². The van der Waals surface area contributed by atoms with E-state index in [2.05, 4.69) is 122 Å². The molecule has 63 heavy (non-hydrogen) atoms. The van der Waals surface area contributed by atoms with Gasteiger partial charge in [0.25, 0.3) is 0 Å². The molecule has 0 aliphatic carbocycles. The lowest BCUT2D eigenvalue weighted by molar-refractivity contribution is 0.106. The number of rotatable bonds is 12. The van der Waals surface area contributed by atoms with E-state index in [-0.39, 0.29) is 23.7 Å². The fourth-order valence-electron chi connectivity index (χ4n) is 9.47. The molecule has 2 N–H and O–H groups in total. The van der Waals surface area contributed by atoms with Crippen LogP contribution in [0.1, 0.15) is 44.2 Å². The van der Waals surface area contributed by atoms with Crippen LogP contribution in [0.15, 0.2) is 170 Å². The van der Waals surface area contributed by atoms with Gasteiger partial charge >= 0.3 is 0 Å². The maximum atomic E-state index is 12.2. The van der Waals surface area contributed by atoms with Crippen molar-refractivity contribution in [3.8, 4) is 56.6 Å². The fourth-order valence-corrected chi connectivity index (χ4v) is 9.47. The molecule has 10 aromatic rings. The van der Waals surface area contributed by atoms with E-state index < -0.39 is 0 Å². The highest BCUT2D eigenvalue weighted by molar-refractivity contribution is 6.10. The summed E-state index contributed by atoms with van der Waals surface area (Å²) in [6.45, 7) is 8.42. The van der Waals surface area contributed by atoms with Crippen LogP contribution in [-0.2, 0) is 0 Å². The molecule has 0 fully saturated rings. The fraction of sp³-hybridized carbons (Fsp3) is 0.158. The number of aromatic nitrogens is 2. The Hall–Kier alpha value is -7.44. The Morgan fingerprint density at radius 2 is 0.730 bits per heavy atom. The number of ether oxygens (including phenoxy) is 2. The number of aromatic hydroxyl groups is 2. The number of hydrogen-bond donors (Lipinski definition) is 2. The molecular formula is C57H50N2O4. The first-order valence-electron chi connectivity index (χ1n) is 22.0. The highest BCUT2D eigenvalue weighted by Crippen LogP contribution is 2.45. The normalized spacial score (nSPS) is 12.6. The van der Waals surface area contributed by atoms with Crippen molar-refractivity contribution < 1.29 is 19.7 Å². The molecule has 312 valence electrons. The van der Waals surface area contributed by atoms with Gasteiger partial charge in [0.15, 0.2) is 0 Å². The summed E-state index contributed by atoms with van der Waals surface area (Å²) in [6, 6.07) is 57.6. The van der Waals surface area contributed by atoms with Crippen LogP contribution in [0, 0.1) is 13.8 Å². The molecular weight excluding hydrogens is 777 g/mol. The van der Waals surface area contributed by atoms with E-state index in [0.717, 1.165) is 90.1 Å². The topological polar surface area (TPSA) is 68.8 Å². The van der Waals surface area contributed by atoms with E-state index in [1.807, 2.05) is 84.9 Å². The van der Waals surface area contributed by atoms with Gasteiger partial charge in [-0.2, -0.15) is 0 Å². The standard InChI is InChI=1S/C57H50N2O4/c1-5-38(62-54-29-17-11-23-44(54)46-31-36(3)33-52(56(46)60)58-48-25-13-7-19-40(48)41-20-8-14-26-49(41)58)35-39(6-2)63-55-30-18-12-24-45(55)47-32-37(4)34-53(57(47)61)59-50-27-15-9-21-42(50)43-22-10-16-28-51(43)59/h7-34,38-39,60-61H,5-6,35H2,1-4H3. The van der Waals surface area contributed by atoms with Crippen molar-refractivity contribution in [3.63, 3.8) is 0 Å². The zero-order valence-electron chi connectivity index (χ0n) is 36.0. The maximum absolute atomic E-state index is 12.2. The average Bonchev–Trinajstić information content (AvgIpc) is 3.83. The van der Waals surface area contributed by atoms with Gasteiger partial charge in [-0.25, -0.2) is 0 Å². The molecule has 0 saturated heterocycles. The third kappa shape index (κ3) is 7.02. The van der Waals surface area contributed by atoms with Gasteiger partial charge in [0.05, 0.1) is 33.4 Å². The molecule has 0 spiro atoms. The Labute approximate surface area is 367 Å². The van der Waals surface area contributed by atoms with Crippen molar-refractivity contribution in [2.24, 2.45) is 0 Å². The van der Waals surface area contributed by atoms with Gasteiger partial charge in [-0.05, 0) is 98.5 Å². The lowest BCUT2D eigenvalue weighted by Gasteiger charge is -2.26. The number of phenols is 2. The maximum Gasteiger partial charge on any atom is 0.147 e. The summed E-state index contributed by atoms with van der Waals surface area (Å²) in [5, 5.41) is 29.0. The van der Waals surface area contributed by atoms with Gasteiger partial charge in [0, 0.05) is 50.2 Å². The van der Waals surface area contributed by atoms with Crippen LogP contribution in [0.25, 0.3) is 77.2 Å². The first-order chi connectivity index (χ1) is 30.8. The third-order valence-corrected chi connectivity index (χ3v) is 12.5. The monoisotopic (exact) mass is 826 g/mol. The predicted octanol–water partition coefficient (Wildman–Crippen LogP) is 14.6. The minimum absolute atomic E-state index is 0.179. The summed E-state index contributed by atoms with van der Waals surface area (Å²) in [7, 11) is 0. The number of nitrogens with zero attached hydrogens (tertiary/aromatic N) is 2. The molecule has 0 aliphatic rings. The minimum Gasteiger partial charge on any atom is -0.505 e. The van der Waals surface area contributed by atoms with Crippen molar-refractivity contribution in [1.29, 1.82) is 0 Å². The molecule has 0 radical (unpaired) electrons. The van der Waals surface area contributed by atoms with E-state index in [1.165, 1.54) is 0 Å². The molecule has 0 saturated carbocycles. The highest BCUT2D eigenvalue weighted by atomic mass is 16.5. The minimum atomic E-state index is -0.179. The third-order valence-electron chi connectivity index (χ3n) is 12.5. The van der Waals surface area contributed by atoms with Crippen LogP contribution < -0.4 is 9.47 Å². The number of para-hydroxylation sites is 6.